The van der Waals surface area contributed by atoms with E-state index in [0.717, 1.165) is 69.1 Å². The largest absolute Gasteiger partial charge is 0.299 e. The summed E-state index contributed by atoms with van der Waals surface area (Å²) in [6.45, 7) is 6.47. The molecule has 0 bridgehead atoms. The number of fused-ring (bicyclic) bond motifs is 1. The first-order chi connectivity index (χ1) is 12.7. The van der Waals surface area contributed by atoms with Gasteiger partial charge in [0.15, 0.2) is 0 Å². The average molecular weight is 357 g/mol. The lowest BCUT2D eigenvalue weighted by Crippen LogP contribution is -2.47. The fourth-order valence-electron chi connectivity index (χ4n) is 3.86. The Labute approximate surface area is 153 Å². The van der Waals surface area contributed by atoms with E-state index in [9.17, 15) is 4.79 Å². The van der Waals surface area contributed by atoms with E-state index in [2.05, 4.69) is 25.1 Å². The number of nitrogens with zero attached hydrogens (tertiary/aromatic N) is 7. The molecule has 26 heavy (non-hydrogen) atoms. The van der Waals surface area contributed by atoms with E-state index in [-0.39, 0.29) is 5.56 Å². The Morgan fingerprint density at radius 1 is 1.00 bits per heavy atom. The summed E-state index contributed by atoms with van der Waals surface area (Å²) in [5.74, 6) is 0. The fraction of sp³-hybridized carbons (Fsp3) is 0.667. The van der Waals surface area contributed by atoms with Crippen LogP contribution in [0.5, 0.6) is 0 Å². The smallest absolute Gasteiger partial charge is 0.267 e. The van der Waals surface area contributed by atoms with Crippen LogP contribution in [0.25, 0.3) is 0 Å². The van der Waals surface area contributed by atoms with Crippen LogP contribution in [0.1, 0.15) is 29.8 Å². The molecule has 2 aromatic rings. The molecular formula is C18H27N7O. The number of hydrogen-bond donors (Lipinski definition) is 0. The second kappa shape index (κ2) is 7.67. The van der Waals surface area contributed by atoms with Crippen LogP contribution in [0, 0.1) is 0 Å². The van der Waals surface area contributed by atoms with Crippen LogP contribution in [-0.2, 0) is 33.0 Å². The van der Waals surface area contributed by atoms with Crippen LogP contribution >= 0.6 is 0 Å². The summed E-state index contributed by atoms with van der Waals surface area (Å²) < 4.78 is 1.66. The maximum absolute atomic E-state index is 12.3. The summed E-state index contributed by atoms with van der Waals surface area (Å²) in [4.78, 5) is 18.7. The van der Waals surface area contributed by atoms with Crippen molar-refractivity contribution in [2.45, 2.75) is 38.8 Å². The zero-order chi connectivity index (χ0) is 17.9. The maximum Gasteiger partial charge on any atom is 0.267 e. The normalized spacial score (nSPS) is 18.8. The molecule has 0 saturated carbocycles. The molecule has 0 unspecified atom stereocenters. The molecule has 2 aromatic heterocycles. The maximum atomic E-state index is 12.3. The highest BCUT2D eigenvalue weighted by molar-refractivity contribution is 5.20. The molecule has 1 fully saturated rings. The molecule has 1 aliphatic heterocycles. The van der Waals surface area contributed by atoms with Gasteiger partial charge >= 0.3 is 0 Å². The Bertz CT molecular complexity index is 804. The molecule has 3 heterocycles. The molecule has 1 aliphatic carbocycles. The first-order valence-electron chi connectivity index (χ1n) is 9.57. The third-order valence-electron chi connectivity index (χ3n) is 5.40. The third-order valence-corrected chi connectivity index (χ3v) is 5.40. The van der Waals surface area contributed by atoms with E-state index in [1.807, 2.05) is 13.2 Å². The Balaban J connectivity index is 1.28. The van der Waals surface area contributed by atoms with Gasteiger partial charge in [0.25, 0.3) is 5.56 Å². The van der Waals surface area contributed by atoms with Crippen molar-refractivity contribution in [2.24, 2.45) is 7.05 Å². The highest BCUT2D eigenvalue weighted by atomic mass is 16.1. The second-order valence-electron chi connectivity index (χ2n) is 7.33. The lowest BCUT2D eigenvalue weighted by atomic mass is 9.97. The van der Waals surface area contributed by atoms with Gasteiger partial charge in [-0.25, -0.2) is 4.68 Å². The zero-order valence-electron chi connectivity index (χ0n) is 15.5. The van der Waals surface area contributed by atoms with Crippen molar-refractivity contribution >= 4 is 0 Å². The van der Waals surface area contributed by atoms with Crippen LogP contribution in [0.3, 0.4) is 0 Å². The van der Waals surface area contributed by atoms with Crippen LogP contribution in [0.15, 0.2) is 17.1 Å². The lowest BCUT2D eigenvalue weighted by molar-refractivity contribution is 0.121. The summed E-state index contributed by atoms with van der Waals surface area (Å²) in [6, 6.07) is 1.81. The van der Waals surface area contributed by atoms with E-state index in [1.54, 1.807) is 15.5 Å². The number of aromatic nitrogens is 5. The van der Waals surface area contributed by atoms with E-state index >= 15 is 0 Å². The molecule has 0 amide bonds. The molecule has 0 atom stereocenters. The van der Waals surface area contributed by atoms with Gasteiger partial charge in [0.2, 0.25) is 0 Å². The minimum absolute atomic E-state index is 0.0481. The fourth-order valence-corrected chi connectivity index (χ4v) is 3.86. The van der Waals surface area contributed by atoms with E-state index in [4.69, 9.17) is 0 Å². The Morgan fingerprint density at radius 3 is 2.54 bits per heavy atom. The topological polar surface area (TPSA) is 72.1 Å². The SMILES string of the molecule is Cn1ncc(CN2CCN(CCn3nc4c(cc3=O)CCCC4)CC2)n1. The van der Waals surface area contributed by atoms with Gasteiger partial charge in [0, 0.05) is 52.4 Å². The van der Waals surface area contributed by atoms with Crippen molar-refractivity contribution in [1.29, 1.82) is 0 Å². The van der Waals surface area contributed by atoms with Gasteiger partial charge in [-0.2, -0.15) is 20.1 Å². The zero-order valence-corrected chi connectivity index (χ0v) is 15.5. The van der Waals surface area contributed by atoms with Crippen LogP contribution in [-0.4, -0.2) is 67.3 Å². The molecule has 8 nitrogen and oxygen atoms in total. The molecule has 4 rings (SSSR count). The predicted molar refractivity (Wildman–Crippen MR) is 97.9 cm³/mol. The summed E-state index contributed by atoms with van der Waals surface area (Å²) in [6.07, 6.45) is 6.21. The van der Waals surface area contributed by atoms with Crippen LogP contribution in [0.2, 0.25) is 0 Å². The van der Waals surface area contributed by atoms with Gasteiger partial charge in [-0.05, 0) is 31.2 Å². The van der Waals surface area contributed by atoms with Crippen molar-refractivity contribution in [3.63, 3.8) is 0 Å². The van der Waals surface area contributed by atoms with Crippen molar-refractivity contribution in [1.82, 2.24) is 34.6 Å². The van der Waals surface area contributed by atoms with Gasteiger partial charge in [0.05, 0.1) is 24.1 Å². The summed E-state index contributed by atoms with van der Waals surface area (Å²) in [7, 11) is 1.85. The first kappa shape index (κ1) is 17.4. The van der Waals surface area contributed by atoms with Crippen molar-refractivity contribution in [2.75, 3.05) is 32.7 Å². The molecule has 0 N–H and O–H groups in total. The average Bonchev–Trinajstić information content (AvgIpc) is 3.06. The van der Waals surface area contributed by atoms with Crippen molar-refractivity contribution in [3.05, 3.63) is 39.6 Å². The number of piperazine rings is 1. The quantitative estimate of drug-likeness (QED) is 0.754. The summed E-state index contributed by atoms with van der Waals surface area (Å²) in [5, 5.41) is 13.1. The van der Waals surface area contributed by atoms with Gasteiger partial charge in [-0.1, -0.05) is 0 Å². The highest BCUT2D eigenvalue weighted by Gasteiger charge is 2.18. The molecule has 8 heteroatoms. The minimum Gasteiger partial charge on any atom is -0.299 e. The Hall–Kier alpha value is -2.06. The number of aryl methyl sites for hydroxylation is 3. The van der Waals surface area contributed by atoms with E-state index in [0.29, 0.717) is 6.54 Å². The molecular weight excluding hydrogens is 330 g/mol. The molecule has 2 aliphatic rings. The van der Waals surface area contributed by atoms with Crippen molar-refractivity contribution < 1.29 is 0 Å². The van der Waals surface area contributed by atoms with Crippen LogP contribution < -0.4 is 5.56 Å². The second-order valence-corrected chi connectivity index (χ2v) is 7.33. The first-order valence-corrected chi connectivity index (χ1v) is 9.57. The lowest BCUT2D eigenvalue weighted by Gasteiger charge is -2.34. The summed E-state index contributed by atoms with van der Waals surface area (Å²) >= 11 is 0. The minimum atomic E-state index is 0.0481. The highest BCUT2D eigenvalue weighted by Crippen LogP contribution is 2.16. The predicted octanol–water partition coefficient (Wildman–Crippen LogP) is 0.0684. The van der Waals surface area contributed by atoms with E-state index < -0.39 is 0 Å². The van der Waals surface area contributed by atoms with Gasteiger partial charge in [-0.3, -0.25) is 14.6 Å². The Kier molecular flexibility index (Phi) is 5.12. The molecule has 0 aromatic carbocycles. The molecule has 1 saturated heterocycles. The van der Waals surface area contributed by atoms with Gasteiger partial charge in [0.1, 0.15) is 0 Å². The van der Waals surface area contributed by atoms with Crippen molar-refractivity contribution in [3.8, 4) is 0 Å². The molecule has 0 radical (unpaired) electrons. The van der Waals surface area contributed by atoms with Crippen LogP contribution in [0.4, 0.5) is 0 Å². The Morgan fingerprint density at radius 2 is 1.77 bits per heavy atom. The summed E-state index contributed by atoms with van der Waals surface area (Å²) in [5.41, 5.74) is 3.36. The molecule has 140 valence electrons. The molecule has 0 spiro atoms. The third kappa shape index (κ3) is 4.02. The van der Waals surface area contributed by atoms with Gasteiger partial charge in [-0.15, -0.1) is 0 Å². The number of rotatable bonds is 5. The van der Waals surface area contributed by atoms with E-state index in [1.165, 1.54) is 12.8 Å². The standard InChI is InChI=1S/C18H27N7O/c1-22-19-13-16(20-22)14-24-8-6-23(7-9-24)10-11-25-18(26)12-15-4-2-3-5-17(15)21-25/h12-13H,2-11,14H2,1H3. The number of hydrogen-bond acceptors (Lipinski definition) is 6. The van der Waals surface area contributed by atoms with Gasteiger partial charge < -0.3 is 0 Å². The monoisotopic (exact) mass is 357 g/mol.